The van der Waals surface area contributed by atoms with Gasteiger partial charge in [0.25, 0.3) is 0 Å². The number of halogens is 1. The Morgan fingerprint density at radius 1 is 1.14 bits per heavy atom. The average Bonchev–Trinajstić information content (AvgIpc) is 3.61. The van der Waals surface area contributed by atoms with Crippen LogP contribution in [-0.4, -0.2) is 41.6 Å². The van der Waals surface area contributed by atoms with E-state index in [4.69, 9.17) is 14.0 Å². The Kier molecular flexibility index (Phi) is 5.24. The molecule has 1 aliphatic rings. The molecular weight excluding hydrogens is 465 g/mol. The van der Waals surface area contributed by atoms with Gasteiger partial charge in [0.1, 0.15) is 24.4 Å². The van der Waals surface area contributed by atoms with Gasteiger partial charge in [0.15, 0.2) is 23.2 Å². The van der Waals surface area contributed by atoms with Crippen molar-refractivity contribution in [2.75, 3.05) is 7.11 Å². The van der Waals surface area contributed by atoms with E-state index in [1.54, 1.807) is 31.6 Å². The Labute approximate surface area is 205 Å². The number of hydrogen-bond acceptors (Lipinski definition) is 8. The largest absolute Gasteiger partial charge is 0.497 e. The van der Waals surface area contributed by atoms with Crippen molar-refractivity contribution in [1.29, 1.82) is 0 Å². The van der Waals surface area contributed by atoms with Gasteiger partial charge in [0.2, 0.25) is 11.7 Å². The monoisotopic (exact) mass is 487 g/mol. The van der Waals surface area contributed by atoms with Crippen LogP contribution in [0.15, 0.2) is 53.3 Å². The first-order valence-corrected chi connectivity index (χ1v) is 11.4. The Balaban J connectivity index is 1.47. The van der Waals surface area contributed by atoms with Gasteiger partial charge in [-0.05, 0) is 30.3 Å². The van der Waals surface area contributed by atoms with Crippen LogP contribution < -0.4 is 9.47 Å². The SMILES string of the molecule is COc1ccc2c(c1)-c1nnc(COc3ccccc3F)n1Cc1c(-c3noc(C(C)C)n3)ncn1-2. The highest BCUT2D eigenvalue weighted by Gasteiger charge is 2.28. The lowest BCUT2D eigenvalue weighted by atomic mass is 10.1. The van der Waals surface area contributed by atoms with Crippen molar-refractivity contribution < 1.29 is 18.4 Å². The number of para-hydroxylation sites is 1. The molecule has 0 saturated heterocycles. The second-order valence-corrected chi connectivity index (χ2v) is 8.65. The highest BCUT2D eigenvalue weighted by Crippen LogP contribution is 2.36. The summed E-state index contributed by atoms with van der Waals surface area (Å²) >= 11 is 0. The van der Waals surface area contributed by atoms with E-state index in [9.17, 15) is 4.39 Å². The minimum atomic E-state index is -0.443. The minimum absolute atomic E-state index is 0.0242. The molecule has 0 bridgehead atoms. The van der Waals surface area contributed by atoms with E-state index < -0.39 is 5.82 Å². The maximum absolute atomic E-state index is 14.1. The van der Waals surface area contributed by atoms with E-state index >= 15 is 0 Å². The zero-order valence-corrected chi connectivity index (χ0v) is 19.8. The molecule has 0 unspecified atom stereocenters. The molecule has 182 valence electrons. The summed E-state index contributed by atoms with van der Waals surface area (Å²) in [5, 5.41) is 13.0. The van der Waals surface area contributed by atoms with Crippen LogP contribution in [0.4, 0.5) is 4.39 Å². The molecule has 11 heteroatoms. The fourth-order valence-electron chi connectivity index (χ4n) is 4.18. The normalized spacial score (nSPS) is 12.1. The first kappa shape index (κ1) is 22.0. The minimum Gasteiger partial charge on any atom is -0.497 e. The van der Waals surface area contributed by atoms with E-state index in [1.165, 1.54) is 6.07 Å². The molecule has 4 heterocycles. The highest BCUT2D eigenvalue weighted by molar-refractivity contribution is 5.72. The standard InChI is InChI=1S/C25H22FN7O3/c1-14(2)25-28-23(31-36-25)22-19-11-32-21(12-35-20-7-5-4-6-17(20)26)29-30-24(32)16-10-15(34-3)8-9-18(16)33(19)13-27-22/h4-10,13-14H,11-12H2,1-3H3. The molecule has 0 aliphatic carbocycles. The third-order valence-electron chi connectivity index (χ3n) is 6.05. The molecule has 1 aliphatic heterocycles. The van der Waals surface area contributed by atoms with Crippen LogP contribution in [0.5, 0.6) is 11.5 Å². The average molecular weight is 487 g/mol. The first-order valence-electron chi connectivity index (χ1n) is 11.4. The molecule has 5 aromatic rings. The van der Waals surface area contributed by atoms with E-state index in [0.717, 1.165) is 16.9 Å². The Morgan fingerprint density at radius 3 is 2.78 bits per heavy atom. The maximum Gasteiger partial charge on any atom is 0.229 e. The van der Waals surface area contributed by atoms with Crippen LogP contribution in [0.3, 0.4) is 0 Å². The summed E-state index contributed by atoms with van der Waals surface area (Å²) in [4.78, 5) is 9.17. The number of rotatable bonds is 6. The summed E-state index contributed by atoms with van der Waals surface area (Å²) in [5.74, 6) is 2.56. The third kappa shape index (κ3) is 3.60. The van der Waals surface area contributed by atoms with Gasteiger partial charge in [-0.2, -0.15) is 4.98 Å². The number of methoxy groups -OCH3 is 1. The van der Waals surface area contributed by atoms with Gasteiger partial charge in [0.05, 0.1) is 25.0 Å². The molecule has 0 fully saturated rings. The van der Waals surface area contributed by atoms with E-state index in [0.29, 0.717) is 41.4 Å². The third-order valence-corrected chi connectivity index (χ3v) is 6.05. The number of ether oxygens (including phenoxy) is 2. The van der Waals surface area contributed by atoms with Crippen LogP contribution in [0.25, 0.3) is 28.6 Å². The van der Waals surface area contributed by atoms with Crippen LogP contribution in [-0.2, 0) is 13.2 Å². The second kappa shape index (κ2) is 8.59. The predicted octanol–water partition coefficient (Wildman–Crippen LogP) is 4.39. The van der Waals surface area contributed by atoms with E-state index in [2.05, 4.69) is 25.3 Å². The second-order valence-electron chi connectivity index (χ2n) is 8.65. The van der Waals surface area contributed by atoms with Crippen LogP contribution in [0.1, 0.15) is 37.2 Å². The lowest BCUT2D eigenvalue weighted by Crippen LogP contribution is -2.11. The van der Waals surface area contributed by atoms with E-state index in [1.807, 2.05) is 41.2 Å². The lowest BCUT2D eigenvalue weighted by Gasteiger charge is -2.10. The summed E-state index contributed by atoms with van der Waals surface area (Å²) in [7, 11) is 1.61. The summed E-state index contributed by atoms with van der Waals surface area (Å²) in [5.41, 5.74) is 3.07. The number of fused-ring (bicyclic) bond motifs is 5. The number of hydrogen-bond donors (Lipinski definition) is 0. The van der Waals surface area contributed by atoms with Gasteiger partial charge in [-0.25, -0.2) is 9.37 Å². The zero-order chi connectivity index (χ0) is 24.8. The fraction of sp³-hybridized carbons (Fsp3) is 0.240. The molecule has 2 aromatic carbocycles. The Bertz CT molecular complexity index is 1570. The number of nitrogens with zero attached hydrogens (tertiary/aromatic N) is 7. The first-order chi connectivity index (χ1) is 17.5. The van der Waals surface area contributed by atoms with Gasteiger partial charge in [-0.3, -0.25) is 4.57 Å². The lowest BCUT2D eigenvalue weighted by molar-refractivity contribution is 0.276. The quantitative estimate of drug-likeness (QED) is 0.341. The smallest absolute Gasteiger partial charge is 0.229 e. The molecule has 0 atom stereocenters. The van der Waals surface area contributed by atoms with Gasteiger partial charge in [0, 0.05) is 11.5 Å². The predicted molar refractivity (Wildman–Crippen MR) is 126 cm³/mol. The van der Waals surface area contributed by atoms with Crippen LogP contribution in [0, 0.1) is 5.82 Å². The molecule has 0 amide bonds. The van der Waals surface area contributed by atoms with Gasteiger partial charge >= 0.3 is 0 Å². The maximum atomic E-state index is 14.1. The Morgan fingerprint density at radius 2 is 2.00 bits per heavy atom. The number of imidazole rings is 1. The van der Waals surface area contributed by atoms with E-state index in [-0.39, 0.29) is 18.3 Å². The summed E-state index contributed by atoms with van der Waals surface area (Å²) in [6.45, 7) is 4.35. The van der Waals surface area contributed by atoms with Crippen LogP contribution in [0.2, 0.25) is 0 Å². The molecule has 0 saturated carbocycles. The van der Waals surface area contributed by atoms with Crippen molar-refractivity contribution in [2.24, 2.45) is 0 Å². The van der Waals surface area contributed by atoms with Crippen molar-refractivity contribution in [3.63, 3.8) is 0 Å². The van der Waals surface area contributed by atoms with Crippen molar-refractivity contribution in [1.82, 2.24) is 34.5 Å². The van der Waals surface area contributed by atoms with Crippen molar-refractivity contribution in [3.05, 3.63) is 72.0 Å². The van der Waals surface area contributed by atoms with Crippen molar-refractivity contribution in [3.8, 4) is 40.1 Å². The Hall–Kier alpha value is -4.54. The highest BCUT2D eigenvalue weighted by atomic mass is 19.1. The van der Waals surface area contributed by atoms with Gasteiger partial charge in [-0.1, -0.05) is 31.1 Å². The number of benzene rings is 2. The summed E-state index contributed by atoms with van der Waals surface area (Å²) in [6, 6.07) is 12.0. The molecule has 0 N–H and O–H groups in total. The fourth-order valence-corrected chi connectivity index (χ4v) is 4.18. The molecule has 0 radical (unpaired) electrons. The van der Waals surface area contributed by atoms with Crippen molar-refractivity contribution >= 4 is 0 Å². The van der Waals surface area contributed by atoms with Gasteiger partial charge in [-0.15, -0.1) is 10.2 Å². The van der Waals surface area contributed by atoms with Gasteiger partial charge < -0.3 is 18.6 Å². The van der Waals surface area contributed by atoms with Crippen LogP contribution >= 0.6 is 0 Å². The molecular formula is C25H22FN7O3. The topological polar surface area (TPSA) is 106 Å². The molecule has 3 aromatic heterocycles. The molecule has 10 nitrogen and oxygen atoms in total. The summed E-state index contributed by atoms with van der Waals surface area (Å²) < 4.78 is 34.7. The number of aromatic nitrogens is 7. The molecule has 36 heavy (non-hydrogen) atoms. The van der Waals surface area contributed by atoms with Crippen molar-refractivity contribution in [2.45, 2.75) is 32.9 Å². The summed E-state index contributed by atoms with van der Waals surface area (Å²) in [6.07, 6.45) is 1.73. The molecule has 6 rings (SSSR count). The molecule has 0 spiro atoms. The zero-order valence-electron chi connectivity index (χ0n) is 19.8.